The molecule has 4 aromatic rings. The van der Waals surface area contributed by atoms with Gasteiger partial charge in [-0.2, -0.15) is 0 Å². The smallest absolute Gasteiger partial charge is 0.472 e. The Balaban J connectivity index is 1.14. The molecule has 1 saturated heterocycles. The molecular weight excluding hydrogens is 833 g/mol. The summed E-state index contributed by atoms with van der Waals surface area (Å²) in [7, 11) is -4.09. The van der Waals surface area contributed by atoms with Crippen molar-refractivity contribution in [3.8, 4) is 11.6 Å². The molecule has 5 atom stereocenters. The quantitative estimate of drug-likeness (QED) is 0.117. The Morgan fingerprint density at radius 1 is 1.03 bits per heavy atom. The zero-order chi connectivity index (χ0) is 42.6. The number of carbonyl (C=O) groups is 4. The standard InChI is InChI=1S/C40H40F4N6O8S2/c1-38(14-15-38)60(55,56)49-37(54)39-20-22(39)7-5-3-2-4-6-8-29(46-34(52)32-13-16-45-59-32)36(53)50-21-25(19-31(50)33(51)48-39)57-35-28-17-23(41)9-11-26(28)27-12-10-24(18-30(27)47-35)58-40(42,43)44/h5,7,9-13,16-18,22,25,29,31H,2-4,6,8,14-15,19-21H2,1H3,(H,46,52)(H,48,51)(H,49,54)/b7-5-/t22-,25-,29+,31+,39-/m1/s1. The number of alkyl halides is 3. The van der Waals surface area contributed by atoms with Crippen LogP contribution >= 0.6 is 11.5 Å². The Hall–Kier alpha value is -5.37. The number of hydrogen-bond acceptors (Lipinski definition) is 11. The van der Waals surface area contributed by atoms with E-state index in [-0.39, 0.29) is 47.5 Å². The van der Waals surface area contributed by atoms with Crippen molar-refractivity contribution in [1.29, 1.82) is 0 Å². The van der Waals surface area contributed by atoms with Gasteiger partial charge in [-0.3, -0.25) is 23.9 Å². The van der Waals surface area contributed by atoms with Gasteiger partial charge in [-0.25, -0.2) is 22.2 Å². The summed E-state index contributed by atoms with van der Waals surface area (Å²) in [5, 5.41) is 6.50. The van der Waals surface area contributed by atoms with E-state index in [1.807, 2.05) is 6.08 Å². The number of carbonyl (C=O) groups excluding carboxylic acids is 4. The lowest BCUT2D eigenvalue weighted by atomic mass is 10.0. The predicted molar refractivity (Wildman–Crippen MR) is 210 cm³/mol. The Bertz CT molecular complexity index is 2520. The third-order valence-corrected chi connectivity index (χ3v) is 14.6. The number of allylic oxidation sites excluding steroid dienone is 1. The van der Waals surface area contributed by atoms with Crippen molar-refractivity contribution in [2.45, 2.75) is 99.5 Å². The molecule has 0 radical (unpaired) electrons. The molecule has 4 aliphatic rings. The summed E-state index contributed by atoms with van der Waals surface area (Å²) in [4.78, 5) is 62.3. The molecule has 2 aliphatic heterocycles. The Kier molecular flexibility index (Phi) is 10.7. The number of nitrogens with zero attached hydrogens (tertiary/aromatic N) is 3. The van der Waals surface area contributed by atoms with Gasteiger partial charge in [0.05, 0.1) is 16.8 Å². The fourth-order valence-electron chi connectivity index (χ4n) is 7.88. The van der Waals surface area contributed by atoms with Crippen molar-refractivity contribution in [1.82, 2.24) is 29.6 Å². The van der Waals surface area contributed by atoms with Crippen molar-refractivity contribution in [2.75, 3.05) is 6.54 Å². The average molecular weight is 873 g/mol. The first-order chi connectivity index (χ1) is 28.4. The number of nitrogens with one attached hydrogen (secondary N) is 3. The molecule has 3 fully saturated rings. The first-order valence-electron chi connectivity index (χ1n) is 19.5. The average Bonchev–Trinajstić information content (AvgIpc) is 3.93. The van der Waals surface area contributed by atoms with E-state index in [9.17, 15) is 45.2 Å². The summed E-state index contributed by atoms with van der Waals surface area (Å²) >= 11 is 0.938. The van der Waals surface area contributed by atoms with Gasteiger partial charge in [-0.1, -0.05) is 31.1 Å². The number of ether oxygens (including phenoxy) is 2. The molecule has 8 rings (SSSR count). The number of hydrogen-bond donors (Lipinski definition) is 3. The minimum Gasteiger partial charge on any atom is -0.472 e. The van der Waals surface area contributed by atoms with E-state index >= 15 is 0 Å². The molecule has 2 aromatic heterocycles. The van der Waals surface area contributed by atoms with Crippen LogP contribution in [0, 0.1) is 11.7 Å². The third-order valence-electron chi connectivity index (χ3n) is 11.6. The normalized spacial score (nSPS) is 26.2. The second-order valence-electron chi connectivity index (χ2n) is 15.9. The number of rotatable bonds is 8. The SMILES string of the molecule is CC1(S(=O)(=O)NC(=O)[C@@]23C[C@H]2/C=C\CCCCC[C@H](NC(=O)c2ccns2)C(=O)N2C[C@H](Oc4nc5cc(OC(F)(F)F)ccc5c5ccc(F)cc45)C[C@H]2C(=O)N3)CC1. The minimum atomic E-state index is -4.99. The second kappa shape index (κ2) is 15.6. The monoisotopic (exact) mass is 872 g/mol. The second-order valence-corrected chi connectivity index (χ2v) is 19.0. The maximum atomic E-state index is 14.8. The highest BCUT2D eigenvalue weighted by molar-refractivity contribution is 7.91. The molecule has 4 amide bonds. The summed E-state index contributed by atoms with van der Waals surface area (Å²) in [6, 6.07) is 6.33. The van der Waals surface area contributed by atoms with Gasteiger partial charge in [0.25, 0.3) is 11.8 Å². The fraction of sp³-hybridized carbons (Fsp3) is 0.450. The largest absolute Gasteiger partial charge is 0.573 e. The highest BCUT2D eigenvalue weighted by Crippen LogP contribution is 2.48. The Morgan fingerprint density at radius 2 is 1.82 bits per heavy atom. The predicted octanol–water partition coefficient (Wildman–Crippen LogP) is 5.42. The molecule has 2 saturated carbocycles. The lowest BCUT2D eigenvalue weighted by Gasteiger charge is -2.30. The van der Waals surface area contributed by atoms with Crippen molar-refractivity contribution in [3.05, 3.63) is 71.5 Å². The topological polar surface area (TPSA) is 186 Å². The molecule has 20 heteroatoms. The van der Waals surface area contributed by atoms with E-state index in [2.05, 4.69) is 29.5 Å². The molecule has 2 aliphatic carbocycles. The minimum absolute atomic E-state index is 0.0224. The van der Waals surface area contributed by atoms with Crippen LogP contribution in [0.3, 0.4) is 0 Å². The molecule has 60 heavy (non-hydrogen) atoms. The summed E-state index contributed by atoms with van der Waals surface area (Å²) < 4.78 is 96.1. The molecule has 0 spiro atoms. The first-order valence-corrected chi connectivity index (χ1v) is 21.7. The van der Waals surface area contributed by atoms with E-state index < -0.39 is 86.0 Å². The van der Waals surface area contributed by atoms with Crippen LogP contribution < -0.4 is 24.8 Å². The molecule has 4 heterocycles. The highest BCUT2D eigenvalue weighted by Gasteiger charge is 2.63. The van der Waals surface area contributed by atoms with E-state index in [1.54, 1.807) is 6.08 Å². The number of benzene rings is 2. The van der Waals surface area contributed by atoms with Crippen LogP contribution in [0.25, 0.3) is 21.7 Å². The van der Waals surface area contributed by atoms with Gasteiger partial charge in [0, 0.05) is 35.4 Å². The summed E-state index contributed by atoms with van der Waals surface area (Å²) in [6.07, 6.45) is 2.49. The van der Waals surface area contributed by atoms with Gasteiger partial charge in [-0.05, 0) is 92.7 Å². The number of aromatic nitrogens is 2. The van der Waals surface area contributed by atoms with Gasteiger partial charge in [0.2, 0.25) is 27.7 Å². The molecule has 2 aromatic carbocycles. The molecule has 0 unspecified atom stereocenters. The van der Waals surface area contributed by atoms with Crippen molar-refractivity contribution < 1.29 is 54.6 Å². The van der Waals surface area contributed by atoms with Crippen LogP contribution in [0.15, 0.2) is 60.8 Å². The van der Waals surface area contributed by atoms with Crippen molar-refractivity contribution in [2.24, 2.45) is 5.92 Å². The maximum Gasteiger partial charge on any atom is 0.573 e. The zero-order valence-electron chi connectivity index (χ0n) is 32.1. The van der Waals surface area contributed by atoms with Crippen LogP contribution in [0.5, 0.6) is 11.6 Å². The van der Waals surface area contributed by atoms with E-state index in [1.165, 1.54) is 42.3 Å². The van der Waals surface area contributed by atoms with Crippen LogP contribution in [-0.2, 0) is 24.4 Å². The Morgan fingerprint density at radius 3 is 2.55 bits per heavy atom. The van der Waals surface area contributed by atoms with Gasteiger partial charge in [0.1, 0.15) is 40.2 Å². The lowest BCUT2D eigenvalue weighted by molar-refractivity contribution is -0.274. The van der Waals surface area contributed by atoms with E-state index in [0.29, 0.717) is 49.3 Å². The summed E-state index contributed by atoms with van der Waals surface area (Å²) in [5.41, 5.74) is -1.63. The number of fused-ring (bicyclic) bond motifs is 5. The number of halogens is 4. The molecular formula is C40H40F4N6O8S2. The van der Waals surface area contributed by atoms with Crippen molar-refractivity contribution >= 4 is 66.9 Å². The fourth-order valence-corrected chi connectivity index (χ4v) is 9.69. The third kappa shape index (κ3) is 8.35. The van der Waals surface area contributed by atoms with Gasteiger partial charge in [0.15, 0.2) is 0 Å². The van der Waals surface area contributed by atoms with Crippen LogP contribution in [-0.4, -0.2) is 87.7 Å². The van der Waals surface area contributed by atoms with Crippen LogP contribution in [0.4, 0.5) is 17.6 Å². The van der Waals surface area contributed by atoms with Gasteiger partial charge < -0.3 is 25.0 Å². The number of pyridine rings is 1. The number of sulfonamides is 1. The van der Waals surface area contributed by atoms with Gasteiger partial charge in [-0.15, -0.1) is 13.2 Å². The van der Waals surface area contributed by atoms with E-state index in [0.717, 1.165) is 29.7 Å². The molecule has 14 nitrogen and oxygen atoms in total. The van der Waals surface area contributed by atoms with Gasteiger partial charge >= 0.3 is 6.36 Å². The Labute approximate surface area is 345 Å². The summed E-state index contributed by atoms with van der Waals surface area (Å²) in [6.45, 7) is 1.27. The number of amides is 4. The maximum absolute atomic E-state index is 14.8. The molecule has 0 bridgehead atoms. The molecule has 3 N–H and O–H groups in total. The van der Waals surface area contributed by atoms with Crippen LogP contribution in [0.1, 0.15) is 74.4 Å². The summed E-state index contributed by atoms with van der Waals surface area (Å²) in [5.74, 6) is -4.81. The van der Waals surface area contributed by atoms with E-state index in [4.69, 9.17) is 4.74 Å². The van der Waals surface area contributed by atoms with Crippen molar-refractivity contribution in [3.63, 3.8) is 0 Å². The van der Waals surface area contributed by atoms with Crippen LogP contribution in [0.2, 0.25) is 0 Å². The zero-order valence-corrected chi connectivity index (χ0v) is 33.7. The first kappa shape index (κ1) is 41.4. The lowest BCUT2D eigenvalue weighted by Crippen LogP contribution is -2.58. The molecule has 318 valence electrons. The highest BCUT2D eigenvalue weighted by atomic mass is 32.2.